The summed E-state index contributed by atoms with van der Waals surface area (Å²) < 4.78 is 1.79. The molecule has 4 nitrogen and oxygen atoms in total. The molecule has 0 spiro atoms. The highest BCUT2D eigenvalue weighted by atomic mass is 35.5. The number of H-pyrrole nitrogens is 1. The molecule has 0 aliphatic heterocycles. The van der Waals surface area contributed by atoms with Gasteiger partial charge in [-0.05, 0) is 87.3 Å². The number of rotatable bonds is 3. The zero-order valence-electron chi connectivity index (χ0n) is 15.2. The van der Waals surface area contributed by atoms with E-state index < -0.39 is 0 Å². The molecule has 0 bridgehead atoms. The second kappa shape index (κ2) is 6.92. The van der Waals surface area contributed by atoms with Crippen molar-refractivity contribution in [3.8, 4) is 0 Å². The minimum atomic E-state index is 0.0519. The third-order valence-corrected chi connectivity index (χ3v) is 6.16. The van der Waals surface area contributed by atoms with Crippen LogP contribution in [0.5, 0.6) is 0 Å². The molecule has 1 fully saturated rings. The summed E-state index contributed by atoms with van der Waals surface area (Å²) in [7, 11) is 0. The number of nitrogens with one attached hydrogen (secondary N) is 1. The number of hydrogen-bond donors (Lipinski definition) is 1. The van der Waals surface area contributed by atoms with Gasteiger partial charge in [0, 0.05) is 16.9 Å². The lowest BCUT2D eigenvalue weighted by Gasteiger charge is -2.32. The maximum Gasteiger partial charge on any atom is 0.274 e. The molecule has 0 saturated heterocycles. The predicted octanol–water partition coefficient (Wildman–Crippen LogP) is 5.22. The lowest BCUT2D eigenvalue weighted by Crippen LogP contribution is -2.28. The maximum absolute atomic E-state index is 12.7. The molecule has 0 amide bonds. The molecule has 1 N–H and O–H groups in total. The van der Waals surface area contributed by atoms with Gasteiger partial charge in [0.1, 0.15) is 0 Å². The van der Waals surface area contributed by atoms with Gasteiger partial charge in [-0.1, -0.05) is 11.6 Å². The number of hydrogen-bond acceptors (Lipinski definition) is 2. The Bertz CT molecular complexity index is 982. The van der Waals surface area contributed by atoms with Crippen LogP contribution >= 0.6 is 11.6 Å². The van der Waals surface area contributed by atoms with Crippen LogP contribution in [0.25, 0.3) is 10.9 Å². The highest BCUT2D eigenvalue weighted by molar-refractivity contribution is 6.31. The van der Waals surface area contributed by atoms with Gasteiger partial charge in [0.25, 0.3) is 5.56 Å². The SMILES string of the molecule is Cc1cc([C@H]2CC[C@@H]([C@@H](C)n3[nH]c4cc(Cl)ccc4c3=O)CC2)ccn1. The van der Waals surface area contributed by atoms with Gasteiger partial charge in [-0.25, -0.2) is 4.68 Å². The summed E-state index contributed by atoms with van der Waals surface area (Å²) in [5.41, 5.74) is 3.36. The monoisotopic (exact) mass is 369 g/mol. The predicted molar refractivity (Wildman–Crippen MR) is 106 cm³/mol. The van der Waals surface area contributed by atoms with Crippen molar-refractivity contribution in [1.82, 2.24) is 14.8 Å². The molecule has 0 radical (unpaired) electrons. The summed E-state index contributed by atoms with van der Waals surface area (Å²) in [6.07, 6.45) is 6.51. The van der Waals surface area contributed by atoms with E-state index >= 15 is 0 Å². The molecule has 4 rings (SSSR count). The zero-order chi connectivity index (χ0) is 18.3. The molecular formula is C21H24ClN3O. The molecule has 1 saturated carbocycles. The van der Waals surface area contributed by atoms with E-state index in [-0.39, 0.29) is 11.6 Å². The lowest BCUT2D eigenvalue weighted by atomic mass is 9.76. The number of pyridine rings is 1. The molecule has 0 unspecified atom stereocenters. The normalized spacial score (nSPS) is 21.8. The van der Waals surface area contributed by atoms with Crippen molar-refractivity contribution < 1.29 is 0 Å². The summed E-state index contributed by atoms with van der Waals surface area (Å²) in [6, 6.07) is 9.92. The van der Waals surface area contributed by atoms with Gasteiger partial charge in [0.15, 0.2) is 0 Å². The molecule has 1 aliphatic carbocycles. The van der Waals surface area contributed by atoms with E-state index in [9.17, 15) is 4.79 Å². The molecule has 1 aliphatic rings. The first kappa shape index (κ1) is 17.3. The van der Waals surface area contributed by atoms with Crippen LogP contribution in [0.15, 0.2) is 41.3 Å². The Kier molecular flexibility index (Phi) is 4.62. The quantitative estimate of drug-likeness (QED) is 0.687. The minimum absolute atomic E-state index is 0.0519. The van der Waals surface area contributed by atoms with E-state index in [1.807, 2.05) is 25.3 Å². The van der Waals surface area contributed by atoms with Crippen LogP contribution in [0.4, 0.5) is 0 Å². The second-order valence-electron chi connectivity index (χ2n) is 7.56. The molecule has 1 atom stereocenters. The van der Waals surface area contributed by atoms with E-state index in [0.29, 0.717) is 22.2 Å². The molecule has 1 aromatic carbocycles. The average Bonchev–Trinajstić information content (AvgIpc) is 2.97. The van der Waals surface area contributed by atoms with Gasteiger partial charge < -0.3 is 0 Å². The number of nitrogens with zero attached hydrogens (tertiary/aromatic N) is 2. The summed E-state index contributed by atoms with van der Waals surface area (Å²) in [6.45, 7) is 4.20. The first-order valence-electron chi connectivity index (χ1n) is 9.35. The number of benzene rings is 1. The molecule has 3 aromatic rings. The fourth-order valence-corrected chi connectivity index (χ4v) is 4.53. The molecule has 5 heteroatoms. The number of aromatic amines is 1. The van der Waals surface area contributed by atoms with Gasteiger partial charge in [-0.2, -0.15) is 0 Å². The fourth-order valence-electron chi connectivity index (χ4n) is 4.36. The van der Waals surface area contributed by atoms with Crippen LogP contribution in [-0.2, 0) is 0 Å². The second-order valence-corrected chi connectivity index (χ2v) is 8.00. The summed E-state index contributed by atoms with van der Waals surface area (Å²) >= 11 is 6.06. The molecule has 136 valence electrons. The van der Waals surface area contributed by atoms with Gasteiger partial charge >= 0.3 is 0 Å². The number of aromatic nitrogens is 3. The van der Waals surface area contributed by atoms with E-state index in [1.165, 1.54) is 18.4 Å². The van der Waals surface area contributed by atoms with Crippen LogP contribution < -0.4 is 5.56 Å². The van der Waals surface area contributed by atoms with E-state index in [2.05, 4.69) is 29.1 Å². The molecule has 2 aromatic heterocycles. The van der Waals surface area contributed by atoms with Crippen molar-refractivity contribution >= 4 is 22.5 Å². The van der Waals surface area contributed by atoms with E-state index in [4.69, 9.17) is 11.6 Å². The van der Waals surface area contributed by atoms with Gasteiger partial charge in [0.05, 0.1) is 16.9 Å². The third-order valence-electron chi connectivity index (χ3n) is 5.93. The van der Waals surface area contributed by atoms with Crippen LogP contribution in [0.2, 0.25) is 5.02 Å². The van der Waals surface area contributed by atoms with Crippen LogP contribution in [0, 0.1) is 12.8 Å². The standard InChI is InChI=1S/C21H24ClN3O/c1-13-11-17(9-10-23-13)16-5-3-15(4-6-16)14(2)25-21(26)19-8-7-18(22)12-20(19)24-25/h7-12,14-16,24H,3-6H2,1-2H3/t14-,15-,16+/m1/s1. The first-order valence-corrected chi connectivity index (χ1v) is 9.73. The van der Waals surface area contributed by atoms with Crippen molar-refractivity contribution in [2.45, 2.75) is 51.5 Å². The van der Waals surface area contributed by atoms with Gasteiger partial charge in [-0.15, -0.1) is 0 Å². The average molecular weight is 370 g/mol. The van der Waals surface area contributed by atoms with E-state index in [0.717, 1.165) is 24.1 Å². The topological polar surface area (TPSA) is 50.7 Å². The van der Waals surface area contributed by atoms with Crippen molar-refractivity contribution in [3.63, 3.8) is 0 Å². The summed E-state index contributed by atoms with van der Waals surface area (Å²) in [4.78, 5) is 17.0. The molecule has 26 heavy (non-hydrogen) atoms. The Morgan fingerprint density at radius 2 is 1.96 bits per heavy atom. The Balaban J connectivity index is 1.51. The Morgan fingerprint density at radius 1 is 1.19 bits per heavy atom. The van der Waals surface area contributed by atoms with Crippen molar-refractivity contribution in [2.75, 3.05) is 0 Å². The zero-order valence-corrected chi connectivity index (χ0v) is 16.0. The third kappa shape index (κ3) is 3.18. The van der Waals surface area contributed by atoms with Gasteiger partial charge in [0.2, 0.25) is 0 Å². The Labute approximate surface area is 158 Å². The number of aryl methyl sites for hydroxylation is 1. The van der Waals surface area contributed by atoms with Crippen LogP contribution in [0.3, 0.4) is 0 Å². The van der Waals surface area contributed by atoms with Crippen molar-refractivity contribution in [3.05, 3.63) is 63.2 Å². The number of fused-ring (bicyclic) bond motifs is 1. The first-order chi connectivity index (χ1) is 12.5. The molecular weight excluding hydrogens is 346 g/mol. The molecule has 2 heterocycles. The largest absolute Gasteiger partial charge is 0.295 e. The van der Waals surface area contributed by atoms with E-state index in [1.54, 1.807) is 10.7 Å². The maximum atomic E-state index is 12.7. The highest BCUT2D eigenvalue weighted by Crippen LogP contribution is 2.39. The lowest BCUT2D eigenvalue weighted by molar-refractivity contribution is 0.232. The minimum Gasteiger partial charge on any atom is -0.295 e. The Morgan fingerprint density at radius 3 is 2.69 bits per heavy atom. The highest BCUT2D eigenvalue weighted by Gasteiger charge is 2.28. The Hall–Kier alpha value is -2.07. The van der Waals surface area contributed by atoms with Crippen molar-refractivity contribution in [1.29, 1.82) is 0 Å². The summed E-state index contributed by atoms with van der Waals surface area (Å²) in [5.74, 6) is 1.12. The van der Waals surface area contributed by atoms with Crippen LogP contribution in [0.1, 0.15) is 55.8 Å². The van der Waals surface area contributed by atoms with Crippen molar-refractivity contribution in [2.24, 2.45) is 5.92 Å². The summed E-state index contributed by atoms with van der Waals surface area (Å²) in [5, 5.41) is 4.62. The number of halogens is 1. The fraction of sp³-hybridized carbons (Fsp3) is 0.429. The smallest absolute Gasteiger partial charge is 0.274 e. The van der Waals surface area contributed by atoms with Crippen LogP contribution in [-0.4, -0.2) is 14.8 Å². The van der Waals surface area contributed by atoms with Gasteiger partial charge in [-0.3, -0.25) is 14.9 Å².